The van der Waals surface area contributed by atoms with Gasteiger partial charge in [0.15, 0.2) is 0 Å². The summed E-state index contributed by atoms with van der Waals surface area (Å²) < 4.78 is 3.99. The molecule has 0 spiro atoms. The van der Waals surface area contributed by atoms with Crippen molar-refractivity contribution in [1.29, 1.82) is 0 Å². The second kappa shape index (κ2) is 3.82. The van der Waals surface area contributed by atoms with Gasteiger partial charge in [0, 0.05) is 24.6 Å². The third-order valence-electron chi connectivity index (χ3n) is 3.10. The van der Waals surface area contributed by atoms with Gasteiger partial charge in [-0.3, -0.25) is 0 Å². The first-order valence-electron chi connectivity index (χ1n) is 5.66. The first kappa shape index (κ1) is 11.2. The van der Waals surface area contributed by atoms with Gasteiger partial charge >= 0.3 is 0 Å². The van der Waals surface area contributed by atoms with Gasteiger partial charge in [0.2, 0.25) is 0 Å². The summed E-state index contributed by atoms with van der Waals surface area (Å²) in [7, 11) is 0. The molecule has 86 valence electrons. The molecule has 17 heavy (non-hydrogen) atoms. The van der Waals surface area contributed by atoms with Crippen molar-refractivity contribution in [2.75, 3.05) is 0 Å². The van der Waals surface area contributed by atoms with Crippen LogP contribution in [-0.2, 0) is 0 Å². The maximum atomic E-state index is 3.68. The second-order valence-electron chi connectivity index (χ2n) is 4.68. The summed E-state index contributed by atoms with van der Waals surface area (Å²) in [5.41, 5.74) is 4.03. The zero-order valence-electron chi connectivity index (χ0n) is 10.1. The van der Waals surface area contributed by atoms with Crippen LogP contribution in [0.2, 0.25) is 0 Å². The molecule has 0 N–H and O–H groups in total. The van der Waals surface area contributed by atoms with E-state index in [-0.39, 0.29) is 0 Å². The number of benzene rings is 2. The zero-order chi connectivity index (χ0) is 12.2. The van der Waals surface area contributed by atoms with Crippen molar-refractivity contribution in [3.63, 3.8) is 0 Å². The van der Waals surface area contributed by atoms with Crippen LogP contribution >= 0.6 is 27.3 Å². The average Bonchev–Trinajstić information content (AvgIpc) is 2.58. The third kappa shape index (κ3) is 1.71. The van der Waals surface area contributed by atoms with E-state index in [0.717, 1.165) is 0 Å². The number of aryl methyl sites for hydroxylation is 3. The Labute approximate surface area is 113 Å². The van der Waals surface area contributed by atoms with Gasteiger partial charge in [0.25, 0.3) is 0 Å². The molecule has 0 amide bonds. The molecular formula is C15H13BrS. The van der Waals surface area contributed by atoms with Gasteiger partial charge in [-0.2, -0.15) is 0 Å². The quantitative estimate of drug-likeness (QED) is 0.496. The van der Waals surface area contributed by atoms with Crippen molar-refractivity contribution in [2.24, 2.45) is 0 Å². The van der Waals surface area contributed by atoms with E-state index in [9.17, 15) is 0 Å². The largest absolute Gasteiger partial charge is 0.134 e. The molecule has 1 aromatic heterocycles. The summed E-state index contributed by atoms with van der Waals surface area (Å²) in [5.74, 6) is 0. The smallest absolute Gasteiger partial charge is 0.0497 e. The van der Waals surface area contributed by atoms with Crippen molar-refractivity contribution in [3.05, 3.63) is 45.4 Å². The molecule has 0 fully saturated rings. The van der Waals surface area contributed by atoms with Crippen LogP contribution in [0.25, 0.3) is 20.2 Å². The molecule has 3 aromatic rings. The molecule has 0 saturated heterocycles. The van der Waals surface area contributed by atoms with Crippen molar-refractivity contribution in [3.8, 4) is 0 Å². The van der Waals surface area contributed by atoms with E-state index in [4.69, 9.17) is 0 Å². The second-order valence-corrected chi connectivity index (χ2v) is 6.56. The molecule has 0 bridgehead atoms. The first-order valence-corrected chi connectivity index (χ1v) is 7.27. The molecule has 0 nitrogen and oxygen atoms in total. The fourth-order valence-electron chi connectivity index (χ4n) is 2.42. The van der Waals surface area contributed by atoms with E-state index in [1.54, 1.807) is 0 Å². The lowest BCUT2D eigenvalue weighted by atomic mass is 10.1. The van der Waals surface area contributed by atoms with Crippen LogP contribution in [0.3, 0.4) is 0 Å². The molecule has 0 radical (unpaired) electrons. The highest BCUT2D eigenvalue weighted by Gasteiger charge is 2.10. The average molecular weight is 305 g/mol. The molecule has 0 saturated carbocycles. The van der Waals surface area contributed by atoms with E-state index >= 15 is 0 Å². The standard InChI is InChI=1S/C15H13BrS/c1-8-4-10(3)14-11(5-8)12-6-9(2)7-13(16)15(12)17-14/h4-7H,1-3H3. The molecule has 0 aliphatic carbocycles. The Bertz CT molecular complexity index is 675. The maximum Gasteiger partial charge on any atom is 0.0497 e. The van der Waals surface area contributed by atoms with Crippen molar-refractivity contribution < 1.29 is 0 Å². The van der Waals surface area contributed by atoms with Crippen LogP contribution in [0.1, 0.15) is 16.7 Å². The van der Waals surface area contributed by atoms with Crippen molar-refractivity contribution in [2.45, 2.75) is 20.8 Å². The number of hydrogen-bond donors (Lipinski definition) is 0. The third-order valence-corrected chi connectivity index (χ3v) is 5.38. The number of hydrogen-bond acceptors (Lipinski definition) is 1. The topological polar surface area (TPSA) is 0 Å². The number of rotatable bonds is 0. The first-order chi connectivity index (χ1) is 8.06. The minimum absolute atomic E-state index is 1.21. The lowest BCUT2D eigenvalue weighted by Gasteiger charge is -2.00. The highest BCUT2D eigenvalue weighted by Crippen LogP contribution is 2.40. The zero-order valence-corrected chi connectivity index (χ0v) is 12.5. The molecule has 3 rings (SSSR count). The van der Waals surface area contributed by atoms with Gasteiger partial charge in [-0.05, 0) is 66.0 Å². The highest BCUT2D eigenvalue weighted by molar-refractivity contribution is 9.10. The van der Waals surface area contributed by atoms with Gasteiger partial charge in [0.1, 0.15) is 0 Å². The SMILES string of the molecule is Cc1cc(C)c2sc3c(Br)cc(C)cc3c2c1. The monoisotopic (exact) mass is 304 g/mol. The van der Waals surface area contributed by atoms with Gasteiger partial charge in [-0.15, -0.1) is 11.3 Å². The fourth-order valence-corrected chi connectivity index (χ4v) is 4.38. The van der Waals surface area contributed by atoms with Gasteiger partial charge in [0.05, 0.1) is 0 Å². The molecule has 1 heterocycles. The van der Waals surface area contributed by atoms with E-state index in [1.165, 1.54) is 41.3 Å². The predicted octanol–water partition coefficient (Wildman–Crippen LogP) is 5.74. The minimum Gasteiger partial charge on any atom is -0.134 e. The lowest BCUT2D eigenvalue weighted by Crippen LogP contribution is -1.77. The van der Waals surface area contributed by atoms with E-state index in [2.05, 4.69) is 61.0 Å². The Balaban J connectivity index is 2.60. The molecule has 2 aromatic carbocycles. The van der Waals surface area contributed by atoms with E-state index in [1.807, 2.05) is 11.3 Å². The Kier molecular flexibility index (Phi) is 2.53. The normalized spacial score (nSPS) is 11.5. The minimum atomic E-state index is 1.21. The highest BCUT2D eigenvalue weighted by atomic mass is 79.9. The van der Waals surface area contributed by atoms with Gasteiger partial charge < -0.3 is 0 Å². The summed E-state index contributed by atoms with van der Waals surface area (Å²) in [6.45, 7) is 6.52. The molecule has 0 unspecified atom stereocenters. The van der Waals surface area contributed by atoms with Gasteiger partial charge in [-0.25, -0.2) is 0 Å². The Morgan fingerprint density at radius 3 is 2.12 bits per heavy atom. The summed E-state index contributed by atoms with van der Waals surface area (Å²) >= 11 is 5.56. The van der Waals surface area contributed by atoms with Crippen LogP contribution in [0.4, 0.5) is 0 Å². The van der Waals surface area contributed by atoms with Crippen LogP contribution < -0.4 is 0 Å². The Morgan fingerprint density at radius 2 is 1.41 bits per heavy atom. The van der Waals surface area contributed by atoms with Crippen LogP contribution in [0.5, 0.6) is 0 Å². The summed E-state index contributed by atoms with van der Waals surface area (Å²) in [4.78, 5) is 0. The Morgan fingerprint density at radius 1 is 0.824 bits per heavy atom. The maximum absolute atomic E-state index is 3.68. The number of thiophene rings is 1. The summed E-state index contributed by atoms with van der Waals surface area (Å²) in [5, 5.41) is 2.77. The van der Waals surface area contributed by atoms with Crippen LogP contribution in [-0.4, -0.2) is 0 Å². The van der Waals surface area contributed by atoms with Gasteiger partial charge in [-0.1, -0.05) is 11.6 Å². The van der Waals surface area contributed by atoms with Crippen molar-refractivity contribution >= 4 is 47.4 Å². The summed E-state index contributed by atoms with van der Waals surface area (Å²) in [6.07, 6.45) is 0. The predicted molar refractivity (Wildman–Crippen MR) is 81.2 cm³/mol. The molecule has 0 atom stereocenters. The number of fused-ring (bicyclic) bond motifs is 3. The van der Waals surface area contributed by atoms with Crippen LogP contribution in [0, 0.1) is 20.8 Å². The van der Waals surface area contributed by atoms with Crippen LogP contribution in [0.15, 0.2) is 28.7 Å². The van der Waals surface area contributed by atoms with Crippen molar-refractivity contribution in [1.82, 2.24) is 0 Å². The molecule has 0 aliphatic rings. The van der Waals surface area contributed by atoms with E-state index < -0.39 is 0 Å². The molecular weight excluding hydrogens is 292 g/mol. The van der Waals surface area contributed by atoms with E-state index in [0.29, 0.717) is 0 Å². The fraction of sp³-hybridized carbons (Fsp3) is 0.200. The molecule has 2 heteroatoms. The lowest BCUT2D eigenvalue weighted by molar-refractivity contribution is 1.44. The summed E-state index contributed by atoms with van der Waals surface area (Å²) in [6, 6.07) is 9.04. The Hall–Kier alpha value is -0.860. The number of halogens is 1. The molecule has 0 aliphatic heterocycles.